The number of pyridine rings is 1. The van der Waals surface area contributed by atoms with Gasteiger partial charge in [-0.15, -0.1) is 0 Å². The minimum Gasteiger partial charge on any atom is -0.469 e. The second-order valence-electron chi connectivity index (χ2n) is 7.67. The van der Waals surface area contributed by atoms with Gasteiger partial charge in [0.15, 0.2) is 0 Å². The number of hydrogen-bond acceptors (Lipinski definition) is 4. The number of fused-ring (bicyclic) bond motifs is 1. The maximum absolute atomic E-state index is 12.6. The largest absolute Gasteiger partial charge is 0.469 e. The van der Waals surface area contributed by atoms with Crippen molar-refractivity contribution in [2.75, 3.05) is 33.4 Å². The number of aromatic nitrogens is 1. The van der Waals surface area contributed by atoms with E-state index in [4.69, 9.17) is 9.72 Å². The lowest BCUT2D eigenvalue weighted by molar-refractivity contribution is -0.145. The molecule has 1 aliphatic carbocycles. The van der Waals surface area contributed by atoms with Crippen LogP contribution in [0.1, 0.15) is 62.4 Å². The molecule has 0 unspecified atom stereocenters. The second-order valence-corrected chi connectivity index (χ2v) is 7.67. The molecule has 1 atom stereocenters. The molecule has 152 valence electrons. The molecule has 0 saturated carbocycles. The van der Waals surface area contributed by atoms with Crippen molar-refractivity contribution >= 4 is 5.97 Å². The van der Waals surface area contributed by atoms with Crippen molar-refractivity contribution < 1.29 is 13.9 Å². The molecule has 0 aliphatic heterocycles. The molecule has 1 heterocycles. The predicted octanol–water partition coefficient (Wildman–Crippen LogP) is 4.14. The van der Waals surface area contributed by atoms with E-state index in [1.54, 1.807) is 0 Å². The molecule has 0 radical (unpaired) electrons. The smallest absolute Gasteiger partial charge is 0.308 e. The number of carbonyl (C=O) groups is 1. The van der Waals surface area contributed by atoms with Gasteiger partial charge in [0.1, 0.15) is 0 Å². The zero-order valence-electron chi connectivity index (χ0n) is 17.0. The van der Waals surface area contributed by atoms with Crippen molar-refractivity contribution in [2.45, 2.75) is 64.7 Å². The third-order valence-electron chi connectivity index (χ3n) is 5.48. The molecule has 27 heavy (non-hydrogen) atoms. The molecule has 4 nitrogen and oxygen atoms in total. The summed E-state index contributed by atoms with van der Waals surface area (Å²) in [5.41, 5.74) is 3.94. The standard InChI is InChI=1S/C22H35FN2O2/c1-18(22(26)27-2)13-17-25(16-7-14-23)15-6-5-9-20-12-11-19-8-3-4-10-21(19)24-20/h11-12,18H,3-10,13-17H2,1-2H3/t18-/m0/s1. The molecule has 0 bridgehead atoms. The first-order valence-electron chi connectivity index (χ1n) is 10.5. The van der Waals surface area contributed by atoms with E-state index in [-0.39, 0.29) is 18.6 Å². The van der Waals surface area contributed by atoms with E-state index in [2.05, 4.69) is 17.0 Å². The van der Waals surface area contributed by atoms with Gasteiger partial charge >= 0.3 is 5.97 Å². The average molecular weight is 379 g/mol. The van der Waals surface area contributed by atoms with Gasteiger partial charge in [0.2, 0.25) is 0 Å². The van der Waals surface area contributed by atoms with Crippen LogP contribution in [-0.2, 0) is 28.8 Å². The van der Waals surface area contributed by atoms with Crippen LogP contribution in [0.15, 0.2) is 12.1 Å². The summed E-state index contributed by atoms with van der Waals surface area (Å²) >= 11 is 0. The molecule has 1 aromatic rings. The first-order valence-corrected chi connectivity index (χ1v) is 10.5. The number of halogens is 1. The van der Waals surface area contributed by atoms with Gasteiger partial charge < -0.3 is 9.64 Å². The molecule has 5 heteroatoms. The van der Waals surface area contributed by atoms with E-state index in [9.17, 15) is 9.18 Å². The van der Waals surface area contributed by atoms with Gasteiger partial charge in [0.05, 0.1) is 19.7 Å². The van der Waals surface area contributed by atoms with E-state index in [1.807, 2.05) is 6.92 Å². The van der Waals surface area contributed by atoms with Gasteiger partial charge in [0, 0.05) is 17.9 Å². The molecule has 0 spiro atoms. The van der Waals surface area contributed by atoms with Crippen LogP contribution >= 0.6 is 0 Å². The Balaban J connectivity index is 1.73. The normalized spacial score (nSPS) is 14.8. The van der Waals surface area contributed by atoms with Crippen molar-refractivity contribution in [3.63, 3.8) is 0 Å². The van der Waals surface area contributed by atoms with Gasteiger partial charge in [-0.25, -0.2) is 0 Å². The summed E-state index contributed by atoms with van der Waals surface area (Å²) in [7, 11) is 1.43. The maximum atomic E-state index is 12.6. The molecule has 0 fully saturated rings. The SMILES string of the molecule is COC(=O)[C@@H](C)CCN(CCCF)CCCCc1ccc2c(n1)CCCC2. The zero-order chi connectivity index (χ0) is 19.5. The number of aryl methyl sites for hydroxylation is 3. The maximum Gasteiger partial charge on any atom is 0.308 e. The van der Waals surface area contributed by atoms with Gasteiger partial charge in [-0.3, -0.25) is 14.2 Å². The number of ether oxygens (including phenoxy) is 1. The Bertz CT molecular complexity index is 579. The van der Waals surface area contributed by atoms with Gasteiger partial charge in [0.25, 0.3) is 0 Å². The number of alkyl halides is 1. The van der Waals surface area contributed by atoms with Crippen molar-refractivity contribution in [3.05, 3.63) is 29.1 Å². The van der Waals surface area contributed by atoms with Crippen LogP contribution in [0.4, 0.5) is 4.39 Å². The van der Waals surface area contributed by atoms with Crippen molar-refractivity contribution in [1.29, 1.82) is 0 Å². The molecule has 1 aromatic heterocycles. The quantitative estimate of drug-likeness (QED) is 0.405. The Labute approximate surface area is 163 Å². The van der Waals surface area contributed by atoms with Crippen LogP contribution in [-0.4, -0.2) is 49.3 Å². The highest BCUT2D eigenvalue weighted by atomic mass is 19.1. The molecule has 2 rings (SSSR count). The number of carbonyl (C=O) groups excluding carboxylic acids is 1. The van der Waals surface area contributed by atoms with E-state index >= 15 is 0 Å². The van der Waals surface area contributed by atoms with Crippen molar-refractivity contribution in [3.8, 4) is 0 Å². The Morgan fingerprint density at radius 1 is 1.19 bits per heavy atom. The minimum atomic E-state index is -0.290. The summed E-state index contributed by atoms with van der Waals surface area (Å²) in [6, 6.07) is 4.45. The molecule has 0 amide bonds. The highest BCUT2D eigenvalue weighted by Gasteiger charge is 2.15. The van der Waals surface area contributed by atoms with Crippen LogP contribution < -0.4 is 0 Å². The predicted molar refractivity (Wildman–Crippen MR) is 107 cm³/mol. The second kappa shape index (κ2) is 12.1. The Morgan fingerprint density at radius 2 is 1.96 bits per heavy atom. The van der Waals surface area contributed by atoms with Gasteiger partial charge in [-0.2, -0.15) is 0 Å². The number of nitrogens with zero attached hydrogens (tertiary/aromatic N) is 2. The summed E-state index contributed by atoms with van der Waals surface area (Å²) in [5, 5.41) is 0. The average Bonchev–Trinajstić information content (AvgIpc) is 2.71. The lowest BCUT2D eigenvalue weighted by Gasteiger charge is -2.23. The monoisotopic (exact) mass is 378 g/mol. The number of unbranched alkanes of at least 4 members (excludes halogenated alkanes) is 1. The van der Waals surface area contributed by atoms with Crippen LogP contribution in [0.2, 0.25) is 0 Å². The Hall–Kier alpha value is -1.49. The zero-order valence-corrected chi connectivity index (χ0v) is 17.0. The fourth-order valence-electron chi connectivity index (χ4n) is 3.72. The van der Waals surface area contributed by atoms with Crippen LogP contribution in [0.5, 0.6) is 0 Å². The van der Waals surface area contributed by atoms with Crippen molar-refractivity contribution in [1.82, 2.24) is 9.88 Å². The fraction of sp³-hybridized carbons (Fsp3) is 0.727. The first-order chi connectivity index (χ1) is 13.1. The summed E-state index contributed by atoms with van der Waals surface area (Å²) in [6.45, 7) is 4.11. The van der Waals surface area contributed by atoms with Crippen LogP contribution in [0, 0.1) is 5.92 Å². The third kappa shape index (κ3) is 7.57. The lowest BCUT2D eigenvalue weighted by Crippen LogP contribution is -2.30. The summed E-state index contributed by atoms with van der Waals surface area (Å²) in [4.78, 5) is 18.7. The Morgan fingerprint density at radius 3 is 2.74 bits per heavy atom. The lowest BCUT2D eigenvalue weighted by atomic mass is 9.95. The summed E-state index contributed by atoms with van der Waals surface area (Å²) in [5.74, 6) is -0.276. The highest BCUT2D eigenvalue weighted by Crippen LogP contribution is 2.20. The molecule has 0 saturated heterocycles. The molecular formula is C22H35FN2O2. The van der Waals surface area contributed by atoms with Gasteiger partial charge in [-0.05, 0) is 82.5 Å². The summed E-state index contributed by atoms with van der Waals surface area (Å²) in [6.07, 6.45) is 9.32. The third-order valence-corrected chi connectivity index (χ3v) is 5.48. The fourth-order valence-corrected chi connectivity index (χ4v) is 3.72. The van der Waals surface area contributed by atoms with E-state index < -0.39 is 0 Å². The van der Waals surface area contributed by atoms with Crippen LogP contribution in [0.25, 0.3) is 0 Å². The number of rotatable bonds is 12. The number of esters is 1. The molecule has 0 aromatic carbocycles. The van der Waals surface area contributed by atoms with E-state index in [0.717, 1.165) is 51.7 Å². The summed E-state index contributed by atoms with van der Waals surface area (Å²) < 4.78 is 17.4. The van der Waals surface area contributed by atoms with E-state index in [1.165, 1.54) is 43.3 Å². The molecule has 1 aliphatic rings. The molecule has 0 N–H and O–H groups in total. The minimum absolute atomic E-state index is 0.109. The first kappa shape index (κ1) is 21.8. The Kier molecular flexibility index (Phi) is 9.74. The van der Waals surface area contributed by atoms with Crippen molar-refractivity contribution in [2.24, 2.45) is 5.92 Å². The van der Waals surface area contributed by atoms with Gasteiger partial charge in [-0.1, -0.05) is 13.0 Å². The van der Waals surface area contributed by atoms with E-state index in [0.29, 0.717) is 6.42 Å². The molecular weight excluding hydrogens is 343 g/mol. The van der Waals surface area contributed by atoms with Crippen LogP contribution in [0.3, 0.4) is 0 Å². The topological polar surface area (TPSA) is 42.4 Å². The number of methoxy groups -OCH3 is 1. The highest BCUT2D eigenvalue weighted by molar-refractivity contribution is 5.71. The number of hydrogen-bond donors (Lipinski definition) is 0.